The molecule has 24 heavy (non-hydrogen) atoms. The molecule has 1 saturated heterocycles. The molecule has 2 rings (SSSR count). The number of amides is 2. The molecule has 1 aliphatic heterocycles. The van der Waals surface area contributed by atoms with E-state index in [9.17, 15) is 9.59 Å². The first-order chi connectivity index (χ1) is 11.3. The van der Waals surface area contributed by atoms with Crippen molar-refractivity contribution in [2.75, 3.05) is 13.1 Å². The van der Waals surface area contributed by atoms with Crippen LogP contribution in [0.15, 0.2) is 30.3 Å². The Labute approximate surface area is 144 Å². The molecule has 2 N–H and O–H groups in total. The molecule has 0 aliphatic carbocycles. The van der Waals surface area contributed by atoms with Crippen molar-refractivity contribution in [3.8, 4) is 0 Å². The quantitative estimate of drug-likeness (QED) is 0.884. The highest BCUT2D eigenvalue weighted by molar-refractivity contribution is 5.76. The van der Waals surface area contributed by atoms with Crippen molar-refractivity contribution >= 4 is 12.0 Å². The lowest BCUT2D eigenvalue weighted by atomic mass is 9.85. The topological polar surface area (TPSA) is 69.6 Å². The number of carbonyl (C=O) groups is 2. The summed E-state index contributed by atoms with van der Waals surface area (Å²) in [6, 6.07) is 9.86. The van der Waals surface area contributed by atoms with E-state index in [-0.39, 0.29) is 23.4 Å². The van der Waals surface area contributed by atoms with E-state index in [0.717, 1.165) is 12.0 Å². The fourth-order valence-corrected chi connectivity index (χ4v) is 3.12. The number of aliphatic carboxylic acids is 1. The van der Waals surface area contributed by atoms with Crippen LogP contribution in [0.2, 0.25) is 0 Å². The van der Waals surface area contributed by atoms with Gasteiger partial charge in [-0.15, -0.1) is 0 Å². The van der Waals surface area contributed by atoms with Gasteiger partial charge in [-0.1, -0.05) is 51.1 Å². The second kappa shape index (κ2) is 7.69. The first-order valence-electron chi connectivity index (χ1n) is 8.59. The van der Waals surface area contributed by atoms with Gasteiger partial charge in [0.05, 0.1) is 12.0 Å². The third kappa shape index (κ3) is 5.25. The van der Waals surface area contributed by atoms with Gasteiger partial charge in [0.2, 0.25) is 0 Å². The fraction of sp³-hybridized carbons (Fsp3) is 0.579. The van der Waals surface area contributed by atoms with Crippen molar-refractivity contribution in [1.82, 2.24) is 10.2 Å². The van der Waals surface area contributed by atoms with Crippen molar-refractivity contribution in [3.05, 3.63) is 35.9 Å². The van der Waals surface area contributed by atoms with Crippen LogP contribution in [0.4, 0.5) is 4.79 Å². The van der Waals surface area contributed by atoms with E-state index in [1.165, 1.54) is 0 Å². The Morgan fingerprint density at radius 2 is 1.79 bits per heavy atom. The SMILES string of the molecule is CC(C)(C)CC(NC(=O)N1CCC(C(=O)O)CC1)c1ccccc1. The summed E-state index contributed by atoms with van der Waals surface area (Å²) in [4.78, 5) is 25.4. The average Bonchev–Trinajstić information content (AvgIpc) is 2.54. The predicted molar refractivity (Wildman–Crippen MR) is 93.7 cm³/mol. The molecule has 1 aliphatic rings. The normalized spacial score (nSPS) is 17.4. The molecule has 2 amide bonds. The monoisotopic (exact) mass is 332 g/mol. The highest BCUT2D eigenvalue weighted by Gasteiger charge is 2.29. The highest BCUT2D eigenvalue weighted by atomic mass is 16.4. The van der Waals surface area contributed by atoms with Gasteiger partial charge in [-0.2, -0.15) is 0 Å². The lowest BCUT2D eigenvalue weighted by Crippen LogP contribution is -2.46. The summed E-state index contributed by atoms with van der Waals surface area (Å²) < 4.78 is 0. The molecule has 0 saturated carbocycles. The van der Waals surface area contributed by atoms with E-state index in [2.05, 4.69) is 26.1 Å². The van der Waals surface area contributed by atoms with Crippen molar-refractivity contribution in [3.63, 3.8) is 0 Å². The maximum absolute atomic E-state index is 12.6. The largest absolute Gasteiger partial charge is 0.481 e. The molecule has 1 aromatic rings. The van der Waals surface area contributed by atoms with E-state index in [1.54, 1.807) is 4.90 Å². The molecule has 0 aromatic heterocycles. The van der Waals surface area contributed by atoms with Gasteiger partial charge in [-0.3, -0.25) is 4.79 Å². The zero-order valence-corrected chi connectivity index (χ0v) is 14.8. The molecule has 0 bridgehead atoms. The van der Waals surface area contributed by atoms with Gasteiger partial charge in [0, 0.05) is 13.1 Å². The van der Waals surface area contributed by atoms with E-state index >= 15 is 0 Å². The number of carbonyl (C=O) groups excluding carboxylic acids is 1. The van der Waals surface area contributed by atoms with Crippen LogP contribution >= 0.6 is 0 Å². The number of nitrogens with one attached hydrogen (secondary N) is 1. The molecule has 0 radical (unpaired) electrons. The number of likely N-dealkylation sites (tertiary alicyclic amines) is 1. The molecule has 1 aromatic carbocycles. The van der Waals surface area contributed by atoms with Crippen LogP contribution in [0, 0.1) is 11.3 Å². The van der Waals surface area contributed by atoms with Crippen LogP contribution in [-0.4, -0.2) is 35.1 Å². The van der Waals surface area contributed by atoms with Gasteiger partial charge in [-0.25, -0.2) is 4.79 Å². The number of rotatable bonds is 4. The van der Waals surface area contributed by atoms with Gasteiger partial charge in [0.1, 0.15) is 0 Å². The van der Waals surface area contributed by atoms with Crippen LogP contribution in [0.3, 0.4) is 0 Å². The van der Waals surface area contributed by atoms with E-state index < -0.39 is 5.97 Å². The fourth-order valence-electron chi connectivity index (χ4n) is 3.12. The minimum absolute atomic E-state index is 0.0455. The maximum Gasteiger partial charge on any atom is 0.317 e. The van der Waals surface area contributed by atoms with Crippen LogP contribution in [-0.2, 0) is 4.79 Å². The standard InChI is InChI=1S/C19H28N2O3/c1-19(2,3)13-16(14-7-5-4-6-8-14)20-18(24)21-11-9-15(10-12-21)17(22)23/h4-8,15-16H,9-13H2,1-3H3,(H,20,24)(H,22,23). The lowest BCUT2D eigenvalue weighted by molar-refractivity contribution is -0.143. The number of hydrogen-bond acceptors (Lipinski definition) is 2. The molecule has 5 heteroatoms. The molecular weight excluding hydrogens is 304 g/mol. The Morgan fingerprint density at radius 3 is 2.29 bits per heavy atom. The maximum atomic E-state index is 12.6. The summed E-state index contributed by atoms with van der Waals surface area (Å²) in [5.41, 5.74) is 1.19. The molecule has 1 unspecified atom stereocenters. The van der Waals surface area contributed by atoms with Crippen molar-refractivity contribution in [1.29, 1.82) is 0 Å². The zero-order chi connectivity index (χ0) is 17.7. The molecule has 0 spiro atoms. The first kappa shape index (κ1) is 18.3. The van der Waals surface area contributed by atoms with Crippen LogP contribution < -0.4 is 5.32 Å². The molecule has 5 nitrogen and oxygen atoms in total. The Balaban J connectivity index is 2.01. The number of piperidine rings is 1. The van der Waals surface area contributed by atoms with Crippen molar-refractivity contribution < 1.29 is 14.7 Å². The van der Waals surface area contributed by atoms with E-state index in [0.29, 0.717) is 25.9 Å². The Morgan fingerprint density at radius 1 is 1.21 bits per heavy atom. The highest BCUT2D eigenvalue weighted by Crippen LogP contribution is 2.29. The second-order valence-electron chi connectivity index (χ2n) is 7.78. The number of hydrogen-bond donors (Lipinski definition) is 2. The zero-order valence-electron chi connectivity index (χ0n) is 14.8. The van der Waals surface area contributed by atoms with E-state index in [1.807, 2.05) is 30.3 Å². The summed E-state index contributed by atoms with van der Waals surface area (Å²) in [7, 11) is 0. The minimum atomic E-state index is -0.759. The van der Waals surface area contributed by atoms with Crippen LogP contribution in [0.25, 0.3) is 0 Å². The van der Waals surface area contributed by atoms with Crippen molar-refractivity contribution in [2.24, 2.45) is 11.3 Å². The summed E-state index contributed by atoms with van der Waals surface area (Å²) in [6.45, 7) is 7.48. The predicted octanol–water partition coefficient (Wildman–Crippen LogP) is 3.67. The number of carboxylic acid groups (broad SMARTS) is 1. The summed E-state index contributed by atoms with van der Waals surface area (Å²) >= 11 is 0. The average molecular weight is 332 g/mol. The van der Waals surface area contributed by atoms with Gasteiger partial charge < -0.3 is 15.3 Å². The molecule has 1 fully saturated rings. The van der Waals surface area contributed by atoms with Gasteiger partial charge >= 0.3 is 12.0 Å². The number of urea groups is 1. The van der Waals surface area contributed by atoms with Crippen LogP contribution in [0.1, 0.15) is 51.6 Å². The minimum Gasteiger partial charge on any atom is -0.481 e. The molecule has 132 valence electrons. The number of benzene rings is 1. The first-order valence-corrected chi connectivity index (χ1v) is 8.59. The Kier molecular flexibility index (Phi) is 5.86. The van der Waals surface area contributed by atoms with E-state index in [4.69, 9.17) is 5.11 Å². The molecular formula is C19H28N2O3. The molecule has 1 heterocycles. The Hall–Kier alpha value is -2.04. The molecule has 1 atom stereocenters. The van der Waals surface area contributed by atoms with Crippen LogP contribution in [0.5, 0.6) is 0 Å². The Bertz CT molecular complexity index is 558. The summed E-state index contributed by atoms with van der Waals surface area (Å²) in [6.07, 6.45) is 1.89. The summed E-state index contributed by atoms with van der Waals surface area (Å²) in [5, 5.41) is 12.2. The lowest BCUT2D eigenvalue weighted by Gasteiger charge is -2.33. The van der Waals surface area contributed by atoms with Gasteiger partial charge in [0.15, 0.2) is 0 Å². The van der Waals surface area contributed by atoms with Gasteiger partial charge in [0.25, 0.3) is 0 Å². The van der Waals surface area contributed by atoms with Crippen molar-refractivity contribution in [2.45, 2.75) is 46.1 Å². The summed E-state index contributed by atoms with van der Waals surface area (Å²) in [5.74, 6) is -1.08. The third-order valence-electron chi connectivity index (χ3n) is 4.45. The number of carboxylic acids is 1. The number of nitrogens with zero attached hydrogens (tertiary/aromatic N) is 1. The third-order valence-corrected chi connectivity index (χ3v) is 4.45. The smallest absolute Gasteiger partial charge is 0.317 e. The van der Waals surface area contributed by atoms with Gasteiger partial charge in [-0.05, 0) is 30.2 Å². The second-order valence-corrected chi connectivity index (χ2v) is 7.78.